The van der Waals surface area contributed by atoms with E-state index in [2.05, 4.69) is 39.3 Å². The zero-order valence-electron chi connectivity index (χ0n) is 21.1. The zero-order chi connectivity index (χ0) is 25.8. The van der Waals surface area contributed by atoms with E-state index in [0.717, 1.165) is 40.6 Å². The van der Waals surface area contributed by atoms with Crippen LogP contribution >= 0.6 is 22.9 Å². The topological polar surface area (TPSA) is 112 Å². The molecule has 2 unspecified atom stereocenters. The fourth-order valence-corrected chi connectivity index (χ4v) is 5.67. The average Bonchev–Trinajstić information content (AvgIpc) is 3.46. The van der Waals surface area contributed by atoms with Crippen LogP contribution in [0.25, 0.3) is 10.2 Å². The Morgan fingerprint density at radius 2 is 2.08 bits per heavy atom. The number of aromatic nitrogens is 3. The minimum absolute atomic E-state index is 0.0118. The smallest absolute Gasteiger partial charge is 0.339 e. The molecule has 1 aliphatic rings. The standard InChI is InChI=1S/C25H33ClN6O3S/c1-5-16-21(26)31-22(28-16)23(33)29-17-10-11-32(13-19(17)27-12-14(3)4)25-30-18-9-7-8-15(20(18)36-25)24(34)35-6-2/h7-9,14,17,19,27H,5-6,10-13H2,1-4H3,(H,28,31)(H,29,33). The van der Waals surface area contributed by atoms with Crippen molar-refractivity contribution in [1.82, 2.24) is 25.6 Å². The molecule has 0 radical (unpaired) electrons. The van der Waals surface area contributed by atoms with Crippen molar-refractivity contribution in [2.24, 2.45) is 5.92 Å². The van der Waals surface area contributed by atoms with Gasteiger partial charge >= 0.3 is 5.97 Å². The number of halogens is 1. The summed E-state index contributed by atoms with van der Waals surface area (Å²) in [7, 11) is 0. The quantitative estimate of drug-likeness (QED) is 0.356. The van der Waals surface area contributed by atoms with Gasteiger partial charge in [0.2, 0.25) is 0 Å². The number of thiazole rings is 1. The fourth-order valence-electron chi connectivity index (χ4n) is 4.30. The second-order valence-corrected chi connectivity index (χ2v) is 10.6. The van der Waals surface area contributed by atoms with Gasteiger partial charge in [0.1, 0.15) is 0 Å². The number of piperidine rings is 1. The van der Waals surface area contributed by atoms with Gasteiger partial charge in [-0.1, -0.05) is 49.8 Å². The van der Waals surface area contributed by atoms with E-state index in [0.29, 0.717) is 36.2 Å². The molecule has 1 fully saturated rings. The number of aryl methyl sites for hydroxylation is 1. The van der Waals surface area contributed by atoms with Gasteiger partial charge in [0.25, 0.3) is 5.91 Å². The summed E-state index contributed by atoms with van der Waals surface area (Å²) in [4.78, 5) is 39.6. The highest BCUT2D eigenvalue weighted by atomic mass is 35.5. The second-order valence-electron chi connectivity index (χ2n) is 9.30. The maximum Gasteiger partial charge on any atom is 0.339 e. The molecular weight excluding hydrogens is 500 g/mol. The number of esters is 1. The average molecular weight is 533 g/mol. The molecule has 194 valence electrons. The molecule has 2 atom stereocenters. The lowest BCUT2D eigenvalue weighted by Crippen LogP contribution is -2.60. The maximum absolute atomic E-state index is 12.9. The molecule has 9 nitrogen and oxygen atoms in total. The van der Waals surface area contributed by atoms with E-state index >= 15 is 0 Å². The third-order valence-electron chi connectivity index (χ3n) is 6.18. The molecule has 1 amide bonds. The lowest BCUT2D eigenvalue weighted by molar-refractivity contribution is 0.0528. The van der Waals surface area contributed by atoms with Crippen LogP contribution in [0.1, 0.15) is 60.8 Å². The predicted octanol–water partition coefficient (Wildman–Crippen LogP) is 4.03. The number of ether oxygens (including phenoxy) is 1. The first-order valence-electron chi connectivity index (χ1n) is 12.4. The molecule has 0 saturated carbocycles. The second kappa shape index (κ2) is 11.6. The highest BCUT2D eigenvalue weighted by Gasteiger charge is 2.32. The van der Waals surface area contributed by atoms with Crippen LogP contribution in [0.3, 0.4) is 0 Å². The van der Waals surface area contributed by atoms with Crippen molar-refractivity contribution in [2.75, 3.05) is 31.1 Å². The summed E-state index contributed by atoms with van der Waals surface area (Å²) in [5.74, 6) is 0.104. The van der Waals surface area contributed by atoms with Crippen LogP contribution in [0.15, 0.2) is 18.2 Å². The number of rotatable bonds is 9. The van der Waals surface area contributed by atoms with Gasteiger partial charge in [0.15, 0.2) is 16.1 Å². The normalized spacial score (nSPS) is 18.1. The Morgan fingerprint density at radius 3 is 2.78 bits per heavy atom. The van der Waals surface area contributed by atoms with E-state index in [-0.39, 0.29) is 29.8 Å². The van der Waals surface area contributed by atoms with Crippen molar-refractivity contribution in [3.63, 3.8) is 0 Å². The molecule has 1 saturated heterocycles. The Kier molecular flexibility index (Phi) is 8.48. The highest BCUT2D eigenvalue weighted by molar-refractivity contribution is 7.22. The minimum Gasteiger partial charge on any atom is -0.462 e. The number of aromatic amines is 1. The molecule has 36 heavy (non-hydrogen) atoms. The van der Waals surface area contributed by atoms with Crippen LogP contribution in [0.4, 0.5) is 5.13 Å². The van der Waals surface area contributed by atoms with Gasteiger partial charge in [-0.2, -0.15) is 0 Å². The Morgan fingerprint density at radius 1 is 1.28 bits per heavy atom. The number of fused-ring (bicyclic) bond motifs is 1. The van der Waals surface area contributed by atoms with Gasteiger partial charge in [-0.3, -0.25) is 4.79 Å². The van der Waals surface area contributed by atoms with Crippen molar-refractivity contribution in [3.8, 4) is 0 Å². The molecule has 0 aliphatic carbocycles. The molecule has 2 aromatic heterocycles. The number of hydrogen-bond acceptors (Lipinski definition) is 8. The van der Waals surface area contributed by atoms with E-state index in [1.54, 1.807) is 13.0 Å². The molecule has 0 bridgehead atoms. The van der Waals surface area contributed by atoms with Crippen molar-refractivity contribution in [2.45, 2.75) is 52.6 Å². The number of anilines is 1. The molecular formula is C25H33ClN6O3S. The van der Waals surface area contributed by atoms with Crippen LogP contribution in [0.5, 0.6) is 0 Å². The van der Waals surface area contributed by atoms with Crippen molar-refractivity contribution < 1.29 is 14.3 Å². The first-order chi connectivity index (χ1) is 17.3. The van der Waals surface area contributed by atoms with E-state index in [1.807, 2.05) is 19.1 Å². The number of nitrogens with zero attached hydrogens (tertiary/aromatic N) is 3. The molecule has 3 aromatic rings. The number of H-pyrrole nitrogens is 1. The van der Waals surface area contributed by atoms with Gasteiger partial charge in [0, 0.05) is 25.2 Å². The highest BCUT2D eigenvalue weighted by Crippen LogP contribution is 2.33. The van der Waals surface area contributed by atoms with Crippen molar-refractivity contribution in [1.29, 1.82) is 0 Å². The van der Waals surface area contributed by atoms with Gasteiger partial charge in [-0.15, -0.1) is 0 Å². The molecule has 0 spiro atoms. The summed E-state index contributed by atoms with van der Waals surface area (Å²) in [6.07, 6.45) is 1.41. The number of amides is 1. The largest absolute Gasteiger partial charge is 0.462 e. The third-order valence-corrected chi connectivity index (χ3v) is 7.66. The molecule has 3 N–H and O–H groups in total. The molecule has 4 rings (SSSR count). The first-order valence-corrected chi connectivity index (χ1v) is 13.6. The molecule has 1 aromatic carbocycles. The summed E-state index contributed by atoms with van der Waals surface area (Å²) in [6.45, 7) is 10.6. The third kappa shape index (κ3) is 5.82. The monoisotopic (exact) mass is 532 g/mol. The van der Waals surface area contributed by atoms with Crippen LogP contribution in [-0.4, -0.2) is 65.2 Å². The van der Waals surface area contributed by atoms with Crippen LogP contribution < -0.4 is 15.5 Å². The van der Waals surface area contributed by atoms with Gasteiger partial charge < -0.3 is 25.3 Å². The first kappa shape index (κ1) is 26.4. The Balaban J connectivity index is 1.52. The lowest BCUT2D eigenvalue weighted by Gasteiger charge is -2.39. The number of hydrogen-bond donors (Lipinski definition) is 3. The van der Waals surface area contributed by atoms with Gasteiger partial charge in [-0.05, 0) is 44.4 Å². The predicted molar refractivity (Wildman–Crippen MR) is 143 cm³/mol. The molecule has 1 aliphatic heterocycles. The fraction of sp³-hybridized carbons (Fsp3) is 0.520. The summed E-state index contributed by atoms with van der Waals surface area (Å²) in [5.41, 5.74) is 2.08. The minimum atomic E-state index is -0.333. The Bertz CT molecular complexity index is 1230. The van der Waals surface area contributed by atoms with E-state index in [4.69, 9.17) is 21.3 Å². The summed E-state index contributed by atoms with van der Waals surface area (Å²) < 4.78 is 6.05. The lowest BCUT2D eigenvalue weighted by atomic mass is 9.98. The number of nitrogens with one attached hydrogen (secondary N) is 3. The molecule has 11 heteroatoms. The van der Waals surface area contributed by atoms with E-state index in [9.17, 15) is 9.59 Å². The van der Waals surface area contributed by atoms with E-state index in [1.165, 1.54) is 11.3 Å². The number of imidazole rings is 1. The van der Waals surface area contributed by atoms with Crippen molar-refractivity contribution in [3.05, 3.63) is 40.4 Å². The van der Waals surface area contributed by atoms with Crippen LogP contribution in [-0.2, 0) is 11.2 Å². The SMILES string of the molecule is CCOC(=O)c1cccc2nc(N3CCC(NC(=O)c4nc(Cl)c(CC)[nH]4)C(NCC(C)C)C3)sc12. The van der Waals surface area contributed by atoms with Crippen LogP contribution in [0.2, 0.25) is 5.15 Å². The summed E-state index contributed by atoms with van der Waals surface area (Å²) in [5, 5.41) is 7.97. The molecule has 3 heterocycles. The Labute approximate surface area is 220 Å². The number of carbonyl (C=O) groups excluding carboxylic acids is 2. The van der Waals surface area contributed by atoms with Crippen LogP contribution in [0, 0.1) is 5.92 Å². The summed E-state index contributed by atoms with van der Waals surface area (Å²) >= 11 is 7.64. The van der Waals surface area contributed by atoms with E-state index < -0.39 is 0 Å². The summed E-state index contributed by atoms with van der Waals surface area (Å²) in [6, 6.07) is 5.46. The number of carbonyl (C=O) groups is 2. The van der Waals surface area contributed by atoms with Gasteiger partial charge in [-0.25, -0.2) is 14.8 Å². The Hall–Kier alpha value is -2.69. The van der Waals surface area contributed by atoms with Gasteiger partial charge in [0.05, 0.1) is 28.1 Å². The van der Waals surface area contributed by atoms with Crippen molar-refractivity contribution >= 4 is 50.2 Å². The maximum atomic E-state index is 12.9. The number of benzene rings is 1. The zero-order valence-corrected chi connectivity index (χ0v) is 22.6.